The molecular weight excluding hydrogens is 258 g/mol. The first-order chi connectivity index (χ1) is 7.15. The van der Waals surface area contributed by atoms with E-state index in [0.717, 1.165) is 0 Å². The third kappa shape index (κ3) is 3.55. The largest absolute Gasteiger partial charge is 0.496 e. The lowest BCUT2D eigenvalue weighted by molar-refractivity contribution is 0.0951. The van der Waals surface area contributed by atoms with E-state index in [4.69, 9.17) is 4.74 Å². The summed E-state index contributed by atoms with van der Waals surface area (Å²) in [6, 6.07) is 7.16. The first-order valence-electron chi connectivity index (χ1n) is 4.70. The van der Waals surface area contributed by atoms with E-state index in [2.05, 4.69) is 21.2 Å². The molecule has 3 nitrogen and oxygen atoms in total. The molecule has 0 fully saturated rings. The Kier molecular flexibility index (Phi) is 4.62. The van der Waals surface area contributed by atoms with Crippen LogP contribution in [0.25, 0.3) is 0 Å². The van der Waals surface area contributed by atoms with Crippen LogP contribution in [0, 0.1) is 0 Å². The molecule has 4 heteroatoms. The number of carbonyl (C=O) groups excluding carboxylic acids is 1. The molecule has 0 aliphatic rings. The van der Waals surface area contributed by atoms with E-state index in [1.54, 1.807) is 19.2 Å². The molecule has 0 saturated carbocycles. The predicted octanol–water partition coefficient (Wildman–Crippen LogP) is 2.21. The van der Waals surface area contributed by atoms with Crippen molar-refractivity contribution in [1.82, 2.24) is 5.32 Å². The maximum atomic E-state index is 11.7. The molecule has 1 unspecified atom stereocenters. The van der Waals surface area contributed by atoms with E-state index in [9.17, 15) is 4.79 Å². The molecule has 0 bridgehead atoms. The fraction of sp³-hybridized carbons (Fsp3) is 0.364. The Labute approximate surface area is 97.9 Å². The van der Waals surface area contributed by atoms with Crippen molar-refractivity contribution in [2.75, 3.05) is 13.7 Å². The SMILES string of the molecule is COc1ccccc1C(=O)NCC(C)Br. The average molecular weight is 272 g/mol. The topological polar surface area (TPSA) is 38.3 Å². The molecule has 0 radical (unpaired) electrons. The highest BCUT2D eigenvalue weighted by molar-refractivity contribution is 9.09. The van der Waals surface area contributed by atoms with Gasteiger partial charge in [0.2, 0.25) is 0 Å². The van der Waals surface area contributed by atoms with Crippen LogP contribution in [-0.2, 0) is 0 Å². The molecule has 15 heavy (non-hydrogen) atoms. The van der Waals surface area contributed by atoms with E-state index in [0.29, 0.717) is 17.9 Å². The number of halogens is 1. The lowest BCUT2D eigenvalue weighted by Gasteiger charge is -2.09. The van der Waals surface area contributed by atoms with Gasteiger partial charge >= 0.3 is 0 Å². The van der Waals surface area contributed by atoms with Crippen molar-refractivity contribution in [1.29, 1.82) is 0 Å². The average Bonchev–Trinajstić information content (AvgIpc) is 2.25. The molecular formula is C11H14BrNO2. The number of alkyl halides is 1. The third-order valence-electron chi connectivity index (χ3n) is 1.90. The number of carbonyl (C=O) groups is 1. The monoisotopic (exact) mass is 271 g/mol. The molecule has 0 aliphatic carbocycles. The van der Waals surface area contributed by atoms with Crippen molar-refractivity contribution >= 4 is 21.8 Å². The van der Waals surface area contributed by atoms with Crippen molar-refractivity contribution in [3.8, 4) is 5.75 Å². The molecule has 1 rings (SSSR count). The van der Waals surface area contributed by atoms with Gasteiger partial charge in [0.15, 0.2) is 0 Å². The van der Waals surface area contributed by atoms with Crippen LogP contribution < -0.4 is 10.1 Å². The van der Waals surface area contributed by atoms with Crippen molar-refractivity contribution in [3.63, 3.8) is 0 Å². The van der Waals surface area contributed by atoms with Crippen molar-refractivity contribution in [2.24, 2.45) is 0 Å². The van der Waals surface area contributed by atoms with Gasteiger partial charge < -0.3 is 10.1 Å². The molecule has 1 aromatic carbocycles. The van der Waals surface area contributed by atoms with Gasteiger partial charge in [0.25, 0.3) is 5.91 Å². The summed E-state index contributed by atoms with van der Waals surface area (Å²) >= 11 is 3.37. The van der Waals surface area contributed by atoms with Crippen LogP contribution in [0.4, 0.5) is 0 Å². The molecule has 0 spiro atoms. The summed E-state index contributed by atoms with van der Waals surface area (Å²) in [7, 11) is 1.55. The van der Waals surface area contributed by atoms with Gasteiger partial charge in [0, 0.05) is 11.4 Å². The molecule has 1 N–H and O–H groups in total. The number of hydrogen-bond acceptors (Lipinski definition) is 2. The van der Waals surface area contributed by atoms with Gasteiger partial charge in [-0.2, -0.15) is 0 Å². The van der Waals surface area contributed by atoms with Crippen LogP contribution in [-0.4, -0.2) is 24.4 Å². The summed E-state index contributed by atoms with van der Waals surface area (Å²) in [6.07, 6.45) is 0. The lowest BCUT2D eigenvalue weighted by atomic mass is 10.2. The zero-order valence-electron chi connectivity index (χ0n) is 8.79. The Morgan fingerprint density at radius 3 is 2.80 bits per heavy atom. The molecule has 82 valence electrons. The summed E-state index contributed by atoms with van der Waals surface area (Å²) < 4.78 is 5.10. The predicted molar refractivity (Wildman–Crippen MR) is 63.7 cm³/mol. The summed E-state index contributed by atoms with van der Waals surface area (Å²) in [5.74, 6) is 0.482. The van der Waals surface area contributed by atoms with Gasteiger partial charge in [-0.1, -0.05) is 35.0 Å². The smallest absolute Gasteiger partial charge is 0.255 e. The number of benzene rings is 1. The normalized spacial score (nSPS) is 11.9. The number of nitrogens with one attached hydrogen (secondary N) is 1. The fourth-order valence-electron chi connectivity index (χ4n) is 1.16. The first kappa shape index (κ1) is 12.0. The van der Waals surface area contributed by atoms with Gasteiger partial charge in [-0.3, -0.25) is 4.79 Å². The number of amides is 1. The van der Waals surface area contributed by atoms with Crippen molar-refractivity contribution in [3.05, 3.63) is 29.8 Å². The second-order valence-corrected chi connectivity index (χ2v) is 4.75. The molecule has 1 aromatic rings. The summed E-state index contributed by atoms with van der Waals surface area (Å²) in [6.45, 7) is 2.57. The maximum absolute atomic E-state index is 11.7. The highest BCUT2D eigenvalue weighted by Crippen LogP contribution is 2.16. The maximum Gasteiger partial charge on any atom is 0.255 e. The minimum absolute atomic E-state index is 0.112. The number of para-hydroxylation sites is 1. The summed E-state index contributed by atoms with van der Waals surface area (Å²) in [5.41, 5.74) is 0.563. The van der Waals surface area contributed by atoms with Gasteiger partial charge in [-0.15, -0.1) is 0 Å². The molecule has 0 aliphatic heterocycles. The third-order valence-corrected chi connectivity index (χ3v) is 2.22. The number of rotatable bonds is 4. The van der Waals surface area contributed by atoms with Crippen molar-refractivity contribution < 1.29 is 9.53 Å². The molecule has 0 saturated heterocycles. The molecule has 1 atom stereocenters. The zero-order valence-corrected chi connectivity index (χ0v) is 10.4. The first-order valence-corrected chi connectivity index (χ1v) is 5.62. The van der Waals surface area contributed by atoms with Crippen LogP contribution in [0.1, 0.15) is 17.3 Å². The number of ether oxygens (including phenoxy) is 1. The number of hydrogen-bond donors (Lipinski definition) is 1. The lowest BCUT2D eigenvalue weighted by Crippen LogP contribution is -2.28. The van der Waals surface area contributed by atoms with Crippen LogP contribution in [0.5, 0.6) is 5.75 Å². The summed E-state index contributed by atoms with van der Waals surface area (Å²) in [4.78, 5) is 12.0. The fourth-order valence-corrected chi connectivity index (χ4v) is 1.32. The Morgan fingerprint density at radius 2 is 2.20 bits per heavy atom. The van der Waals surface area contributed by atoms with Gasteiger partial charge in [0.1, 0.15) is 5.75 Å². The number of methoxy groups -OCH3 is 1. The Bertz CT molecular complexity index is 339. The van der Waals surface area contributed by atoms with Gasteiger partial charge in [0.05, 0.1) is 12.7 Å². The minimum atomic E-state index is -0.112. The standard InChI is InChI=1S/C11H14BrNO2/c1-8(12)7-13-11(14)9-5-3-4-6-10(9)15-2/h3-6,8H,7H2,1-2H3,(H,13,14). The summed E-state index contributed by atoms with van der Waals surface area (Å²) in [5, 5.41) is 2.81. The van der Waals surface area contributed by atoms with Crippen LogP contribution in [0.15, 0.2) is 24.3 Å². The Balaban J connectivity index is 2.72. The minimum Gasteiger partial charge on any atom is -0.496 e. The van der Waals surface area contributed by atoms with E-state index in [1.165, 1.54) is 0 Å². The Morgan fingerprint density at radius 1 is 1.53 bits per heavy atom. The van der Waals surface area contributed by atoms with E-state index < -0.39 is 0 Å². The highest BCUT2D eigenvalue weighted by Gasteiger charge is 2.10. The van der Waals surface area contributed by atoms with Crippen LogP contribution in [0.2, 0.25) is 0 Å². The second-order valence-electron chi connectivity index (χ2n) is 3.19. The van der Waals surface area contributed by atoms with Gasteiger partial charge in [-0.25, -0.2) is 0 Å². The quantitative estimate of drug-likeness (QED) is 0.853. The van der Waals surface area contributed by atoms with Gasteiger partial charge in [-0.05, 0) is 12.1 Å². The second kappa shape index (κ2) is 5.75. The van der Waals surface area contributed by atoms with E-state index >= 15 is 0 Å². The molecule has 0 aromatic heterocycles. The van der Waals surface area contributed by atoms with Crippen LogP contribution >= 0.6 is 15.9 Å². The molecule has 0 heterocycles. The highest BCUT2D eigenvalue weighted by atomic mass is 79.9. The van der Waals surface area contributed by atoms with Crippen molar-refractivity contribution in [2.45, 2.75) is 11.8 Å². The zero-order chi connectivity index (χ0) is 11.3. The van der Waals surface area contributed by atoms with E-state index in [-0.39, 0.29) is 10.7 Å². The van der Waals surface area contributed by atoms with Crippen LogP contribution in [0.3, 0.4) is 0 Å². The Hall–Kier alpha value is -1.03. The van der Waals surface area contributed by atoms with E-state index in [1.807, 2.05) is 19.1 Å². The molecule has 1 amide bonds.